The lowest BCUT2D eigenvalue weighted by atomic mass is 9.85. The number of hydrogen-bond donors (Lipinski definition) is 0. The topological polar surface area (TPSA) is 0 Å². The average molecular weight is 284 g/mol. The zero-order valence-electron chi connectivity index (χ0n) is 12.7. The summed E-state index contributed by atoms with van der Waals surface area (Å²) in [6.45, 7) is 0. The highest BCUT2D eigenvalue weighted by molar-refractivity contribution is 5.72. The van der Waals surface area contributed by atoms with E-state index in [4.69, 9.17) is 0 Å². The molecule has 5 rings (SSSR count). The Kier molecular flexibility index (Phi) is 2.67. The summed E-state index contributed by atoms with van der Waals surface area (Å²) in [6.07, 6.45) is 10.2. The van der Waals surface area contributed by atoms with E-state index < -0.39 is 0 Å². The molecule has 1 fully saturated rings. The van der Waals surface area contributed by atoms with E-state index in [9.17, 15) is 0 Å². The van der Waals surface area contributed by atoms with Crippen LogP contribution in [0.3, 0.4) is 0 Å². The summed E-state index contributed by atoms with van der Waals surface area (Å²) in [6, 6.07) is 19.8. The van der Waals surface area contributed by atoms with Gasteiger partial charge in [-0.25, -0.2) is 0 Å². The number of fused-ring (bicyclic) bond motifs is 5. The molecule has 4 atom stereocenters. The first-order chi connectivity index (χ1) is 10.9. The fraction of sp³-hybridized carbons (Fsp3) is 0.273. The van der Waals surface area contributed by atoms with Crippen molar-refractivity contribution in [3.63, 3.8) is 0 Å². The third kappa shape index (κ3) is 1.83. The Morgan fingerprint density at radius 3 is 2.14 bits per heavy atom. The average Bonchev–Trinajstić information content (AvgIpc) is 3.29. The van der Waals surface area contributed by atoms with Crippen molar-refractivity contribution in [3.05, 3.63) is 78.4 Å². The highest BCUT2D eigenvalue weighted by atomic mass is 14.5. The van der Waals surface area contributed by atoms with Gasteiger partial charge in [-0.1, -0.05) is 72.8 Å². The first-order valence-corrected chi connectivity index (χ1v) is 8.43. The van der Waals surface area contributed by atoms with Gasteiger partial charge in [-0.15, -0.1) is 0 Å². The molecule has 0 amide bonds. The lowest BCUT2D eigenvalue weighted by Crippen LogP contribution is -2.12. The van der Waals surface area contributed by atoms with Crippen LogP contribution < -0.4 is 0 Å². The normalized spacial score (nSPS) is 31.4. The Balaban J connectivity index is 1.42. The van der Waals surface area contributed by atoms with E-state index in [1.165, 1.54) is 29.5 Å². The van der Waals surface area contributed by atoms with E-state index in [0.29, 0.717) is 0 Å². The summed E-state index contributed by atoms with van der Waals surface area (Å²) in [5.41, 5.74) is 5.61. The minimum atomic E-state index is 0.818. The predicted molar refractivity (Wildman–Crippen MR) is 92.2 cm³/mol. The van der Waals surface area contributed by atoms with Gasteiger partial charge in [0.05, 0.1) is 0 Å². The maximum absolute atomic E-state index is 2.58. The molecule has 0 spiro atoms. The minimum absolute atomic E-state index is 0.818. The smallest absolute Gasteiger partial charge is 0.0127 e. The Morgan fingerprint density at radius 1 is 0.682 bits per heavy atom. The van der Waals surface area contributed by atoms with Crippen LogP contribution >= 0.6 is 0 Å². The molecule has 4 unspecified atom stereocenters. The lowest BCUT2D eigenvalue weighted by molar-refractivity contribution is 0.399. The first-order valence-electron chi connectivity index (χ1n) is 8.43. The second kappa shape index (κ2) is 4.71. The van der Waals surface area contributed by atoms with Crippen molar-refractivity contribution in [2.75, 3.05) is 0 Å². The monoisotopic (exact) mass is 284 g/mol. The van der Waals surface area contributed by atoms with Gasteiger partial charge >= 0.3 is 0 Å². The second-order valence-corrected chi connectivity index (χ2v) is 7.03. The van der Waals surface area contributed by atoms with Crippen molar-refractivity contribution in [1.82, 2.24) is 0 Å². The van der Waals surface area contributed by atoms with Gasteiger partial charge in [0.25, 0.3) is 0 Å². The van der Waals surface area contributed by atoms with Crippen molar-refractivity contribution < 1.29 is 0 Å². The van der Waals surface area contributed by atoms with E-state index in [-0.39, 0.29) is 0 Å². The van der Waals surface area contributed by atoms with Gasteiger partial charge < -0.3 is 0 Å². The number of allylic oxidation sites excluding steroid dienone is 4. The van der Waals surface area contributed by atoms with E-state index in [0.717, 1.165) is 23.7 Å². The van der Waals surface area contributed by atoms with Crippen molar-refractivity contribution in [3.8, 4) is 11.1 Å². The van der Waals surface area contributed by atoms with Crippen LogP contribution in [0.15, 0.2) is 72.8 Å². The van der Waals surface area contributed by atoms with Crippen molar-refractivity contribution >= 4 is 5.57 Å². The molecule has 108 valence electrons. The van der Waals surface area contributed by atoms with Crippen LogP contribution in [-0.4, -0.2) is 0 Å². The van der Waals surface area contributed by atoms with Crippen molar-refractivity contribution in [2.45, 2.75) is 12.8 Å². The van der Waals surface area contributed by atoms with Gasteiger partial charge in [0, 0.05) is 0 Å². The summed E-state index contributed by atoms with van der Waals surface area (Å²) >= 11 is 0. The van der Waals surface area contributed by atoms with Crippen LogP contribution in [0.5, 0.6) is 0 Å². The molecule has 3 aliphatic rings. The first kappa shape index (κ1) is 12.5. The molecule has 0 nitrogen and oxygen atoms in total. The molecule has 2 aromatic rings. The summed E-state index contributed by atoms with van der Waals surface area (Å²) in [5.74, 6) is 3.39. The van der Waals surface area contributed by atoms with Crippen molar-refractivity contribution in [2.24, 2.45) is 23.7 Å². The second-order valence-electron chi connectivity index (χ2n) is 7.03. The number of benzene rings is 2. The summed E-state index contributed by atoms with van der Waals surface area (Å²) in [4.78, 5) is 0. The van der Waals surface area contributed by atoms with E-state index in [1.807, 2.05) is 0 Å². The van der Waals surface area contributed by atoms with Gasteiger partial charge in [0.2, 0.25) is 0 Å². The van der Waals surface area contributed by atoms with Gasteiger partial charge in [0.1, 0.15) is 0 Å². The maximum Gasteiger partial charge on any atom is -0.0127 e. The molecule has 1 saturated carbocycles. The molecule has 0 radical (unpaired) electrons. The van der Waals surface area contributed by atoms with E-state index in [2.05, 4.69) is 72.8 Å². The molecule has 0 heterocycles. The van der Waals surface area contributed by atoms with Crippen LogP contribution in [-0.2, 0) is 0 Å². The van der Waals surface area contributed by atoms with Gasteiger partial charge in [0.15, 0.2) is 0 Å². The molecular weight excluding hydrogens is 264 g/mol. The number of rotatable bonds is 2. The summed E-state index contributed by atoms with van der Waals surface area (Å²) in [7, 11) is 0. The van der Waals surface area contributed by atoms with E-state index in [1.54, 1.807) is 5.57 Å². The Bertz CT molecular complexity index is 748. The third-order valence-electron chi connectivity index (χ3n) is 5.90. The molecule has 2 bridgehead atoms. The molecular formula is C22H20. The lowest BCUT2D eigenvalue weighted by Gasteiger charge is -2.19. The summed E-state index contributed by atoms with van der Waals surface area (Å²) < 4.78 is 0. The molecule has 2 aromatic carbocycles. The minimum Gasteiger partial charge on any atom is -0.0848 e. The number of hydrogen-bond acceptors (Lipinski definition) is 0. The fourth-order valence-corrected chi connectivity index (χ4v) is 4.77. The highest BCUT2D eigenvalue weighted by Crippen LogP contribution is 2.55. The fourth-order valence-electron chi connectivity index (χ4n) is 4.77. The van der Waals surface area contributed by atoms with Crippen LogP contribution in [0.4, 0.5) is 0 Å². The summed E-state index contributed by atoms with van der Waals surface area (Å²) in [5, 5.41) is 0. The van der Waals surface area contributed by atoms with Crippen LogP contribution in [0.25, 0.3) is 16.7 Å². The molecule has 22 heavy (non-hydrogen) atoms. The maximum atomic E-state index is 2.58. The largest absolute Gasteiger partial charge is 0.0848 e. The van der Waals surface area contributed by atoms with Gasteiger partial charge in [-0.05, 0) is 58.8 Å². The molecule has 0 aliphatic heterocycles. The van der Waals surface area contributed by atoms with E-state index >= 15 is 0 Å². The molecule has 3 aliphatic carbocycles. The molecule has 0 N–H and O–H groups in total. The molecule has 0 heteroatoms. The van der Waals surface area contributed by atoms with Gasteiger partial charge in [-0.2, -0.15) is 0 Å². The molecule has 0 aromatic heterocycles. The van der Waals surface area contributed by atoms with Crippen LogP contribution in [0.1, 0.15) is 18.4 Å². The zero-order chi connectivity index (χ0) is 14.5. The Morgan fingerprint density at radius 2 is 1.36 bits per heavy atom. The Hall–Kier alpha value is -2.08. The Labute approximate surface area is 132 Å². The highest BCUT2D eigenvalue weighted by Gasteiger charge is 2.46. The standard InChI is InChI=1S/C22H20/c1-2-4-15(5-3-1)16-6-8-17(9-7-16)20-13-21-18-10-11-19(12-18)22(21)14-20/h1-11,13,18-19,21-22H,12,14H2. The molecule has 0 saturated heterocycles. The SMILES string of the molecule is C1=CC2CC1C1C=C(c3ccc(-c4ccccc4)cc3)CC21. The van der Waals surface area contributed by atoms with Crippen LogP contribution in [0, 0.1) is 23.7 Å². The van der Waals surface area contributed by atoms with Crippen molar-refractivity contribution in [1.29, 1.82) is 0 Å². The quantitative estimate of drug-likeness (QED) is 0.632. The predicted octanol–water partition coefficient (Wildman–Crippen LogP) is 5.58. The third-order valence-corrected chi connectivity index (χ3v) is 5.90. The zero-order valence-corrected chi connectivity index (χ0v) is 12.7. The van der Waals surface area contributed by atoms with Crippen LogP contribution in [0.2, 0.25) is 0 Å². The van der Waals surface area contributed by atoms with Gasteiger partial charge in [-0.3, -0.25) is 0 Å².